The van der Waals surface area contributed by atoms with Gasteiger partial charge in [-0.05, 0) is 43.0 Å². The molecule has 1 N–H and O–H groups in total. The minimum atomic E-state index is -4.09. The zero-order valence-corrected chi connectivity index (χ0v) is 18.8. The van der Waals surface area contributed by atoms with Gasteiger partial charge < -0.3 is 9.88 Å². The van der Waals surface area contributed by atoms with E-state index >= 15 is 0 Å². The first-order chi connectivity index (χ1) is 16.0. The molecule has 7 nitrogen and oxygen atoms in total. The number of aryl methyl sites for hydroxylation is 2. The number of aromatic nitrogens is 3. The van der Waals surface area contributed by atoms with Crippen LogP contribution < -0.4 is 5.32 Å². The molecule has 33 heavy (non-hydrogen) atoms. The maximum atomic E-state index is 14.2. The van der Waals surface area contributed by atoms with Gasteiger partial charge in [0.15, 0.2) is 0 Å². The Hall–Kier alpha value is -3.46. The lowest BCUT2D eigenvalue weighted by molar-refractivity contribution is -0.121. The molecule has 0 fully saturated rings. The SMILES string of the molecule is O=C(CCCc1cn(S(=O)(=O)c2ccccc2F)c2ccccc12)NCCCn1ccnc1. The number of rotatable bonds is 10. The fourth-order valence-corrected chi connectivity index (χ4v) is 5.27. The van der Waals surface area contributed by atoms with E-state index in [1.165, 1.54) is 24.4 Å². The van der Waals surface area contributed by atoms with E-state index in [0.29, 0.717) is 31.3 Å². The molecule has 2 heterocycles. The first kappa shape index (κ1) is 22.7. The molecule has 4 rings (SSSR count). The summed E-state index contributed by atoms with van der Waals surface area (Å²) in [7, 11) is -4.09. The molecule has 0 radical (unpaired) electrons. The van der Waals surface area contributed by atoms with Crippen molar-refractivity contribution in [2.45, 2.75) is 37.1 Å². The molecule has 0 saturated carbocycles. The molecule has 2 aromatic heterocycles. The Morgan fingerprint density at radius 2 is 1.85 bits per heavy atom. The van der Waals surface area contributed by atoms with Crippen molar-refractivity contribution in [3.05, 3.63) is 84.8 Å². The monoisotopic (exact) mass is 468 g/mol. The summed E-state index contributed by atoms with van der Waals surface area (Å²) in [5.74, 6) is -0.829. The van der Waals surface area contributed by atoms with E-state index in [0.717, 1.165) is 34.0 Å². The first-order valence-electron chi connectivity index (χ1n) is 10.8. The lowest BCUT2D eigenvalue weighted by Gasteiger charge is -2.08. The van der Waals surface area contributed by atoms with Crippen molar-refractivity contribution in [1.29, 1.82) is 0 Å². The predicted molar refractivity (Wildman–Crippen MR) is 124 cm³/mol. The van der Waals surface area contributed by atoms with Crippen molar-refractivity contribution in [2.75, 3.05) is 6.54 Å². The van der Waals surface area contributed by atoms with Crippen LogP contribution in [0.2, 0.25) is 0 Å². The fraction of sp³-hybridized carbons (Fsp3) is 0.250. The minimum absolute atomic E-state index is 0.0386. The summed E-state index contributed by atoms with van der Waals surface area (Å²) in [6.45, 7) is 1.37. The average molecular weight is 469 g/mol. The number of halogens is 1. The number of amides is 1. The maximum Gasteiger partial charge on any atom is 0.271 e. The van der Waals surface area contributed by atoms with Gasteiger partial charge in [0.2, 0.25) is 5.91 Å². The standard InChI is InChI=1S/C24H25FN4O3S/c25-21-9-2-4-11-23(21)33(31,32)29-17-19(20-8-1-3-10-22(20)29)7-5-12-24(30)27-13-6-15-28-16-14-26-18-28/h1-4,8-11,14,16-18H,5-7,12-13,15H2,(H,27,30). The molecule has 0 aliphatic rings. The summed E-state index contributed by atoms with van der Waals surface area (Å²) >= 11 is 0. The second-order valence-electron chi connectivity index (χ2n) is 7.76. The third kappa shape index (κ3) is 5.14. The number of fused-ring (bicyclic) bond motifs is 1. The van der Waals surface area contributed by atoms with Gasteiger partial charge >= 0.3 is 0 Å². The molecule has 172 valence electrons. The number of carbonyl (C=O) groups is 1. The van der Waals surface area contributed by atoms with Gasteiger partial charge in [-0.1, -0.05) is 30.3 Å². The summed E-state index contributed by atoms with van der Waals surface area (Å²) in [6, 6.07) is 12.5. The summed E-state index contributed by atoms with van der Waals surface area (Å²) in [4.78, 5) is 15.8. The van der Waals surface area contributed by atoms with E-state index in [1.54, 1.807) is 24.7 Å². The van der Waals surface area contributed by atoms with Crippen LogP contribution in [-0.4, -0.2) is 34.4 Å². The second kappa shape index (κ2) is 9.99. The van der Waals surface area contributed by atoms with Crippen LogP contribution in [0, 0.1) is 5.82 Å². The maximum absolute atomic E-state index is 14.2. The largest absolute Gasteiger partial charge is 0.356 e. The Morgan fingerprint density at radius 3 is 2.64 bits per heavy atom. The smallest absolute Gasteiger partial charge is 0.271 e. The summed E-state index contributed by atoms with van der Waals surface area (Å²) in [6.07, 6.45) is 9.12. The molecule has 0 aliphatic heterocycles. The molecular weight excluding hydrogens is 443 g/mol. The van der Waals surface area contributed by atoms with Crippen molar-refractivity contribution in [3.8, 4) is 0 Å². The van der Waals surface area contributed by atoms with Crippen LogP contribution in [0.25, 0.3) is 10.9 Å². The lowest BCUT2D eigenvalue weighted by atomic mass is 10.1. The van der Waals surface area contributed by atoms with Crippen LogP contribution in [0.1, 0.15) is 24.8 Å². The fourth-order valence-electron chi connectivity index (χ4n) is 3.81. The van der Waals surface area contributed by atoms with E-state index in [-0.39, 0.29) is 10.8 Å². The summed E-state index contributed by atoms with van der Waals surface area (Å²) in [5, 5.41) is 3.69. The van der Waals surface area contributed by atoms with Crippen LogP contribution in [0.5, 0.6) is 0 Å². The highest BCUT2D eigenvalue weighted by Crippen LogP contribution is 2.28. The molecule has 0 atom stereocenters. The van der Waals surface area contributed by atoms with E-state index in [4.69, 9.17) is 0 Å². The molecule has 9 heteroatoms. The van der Waals surface area contributed by atoms with Gasteiger partial charge in [0.25, 0.3) is 10.0 Å². The summed E-state index contributed by atoms with van der Waals surface area (Å²) in [5.41, 5.74) is 1.29. The lowest BCUT2D eigenvalue weighted by Crippen LogP contribution is -2.24. The van der Waals surface area contributed by atoms with E-state index in [9.17, 15) is 17.6 Å². The highest BCUT2D eigenvalue weighted by molar-refractivity contribution is 7.90. The van der Waals surface area contributed by atoms with Crippen LogP contribution in [0.3, 0.4) is 0 Å². The topological polar surface area (TPSA) is 86.0 Å². The van der Waals surface area contributed by atoms with Gasteiger partial charge in [0.05, 0.1) is 11.8 Å². The Balaban J connectivity index is 1.41. The Morgan fingerprint density at radius 1 is 1.06 bits per heavy atom. The molecular formula is C24H25FN4O3S. The van der Waals surface area contributed by atoms with Crippen LogP contribution in [0.4, 0.5) is 4.39 Å². The normalized spacial score (nSPS) is 11.7. The van der Waals surface area contributed by atoms with Gasteiger partial charge in [-0.25, -0.2) is 21.8 Å². The first-order valence-corrected chi connectivity index (χ1v) is 12.2. The molecule has 4 aromatic rings. The molecule has 0 saturated heterocycles. The van der Waals surface area contributed by atoms with E-state index in [1.807, 2.05) is 22.9 Å². The summed E-state index contributed by atoms with van der Waals surface area (Å²) < 4.78 is 43.6. The van der Waals surface area contributed by atoms with Crippen molar-refractivity contribution >= 4 is 26.8 Å². The number of imidazole rings is 1. The van der Waals surface area contributed by atoms with Crippen molar-refractivity contribution in [1.82, 2.24) is 18.8 Å². The third-order valence-electron chi connectivity index (χ3n) is 5.46. The Labute approximate surface area is 191 Å². The molecule has 0 spiro atoms. The van der Waals surface area contributed by atoms with Gasteiger partial charge in [-0.3, -0.25) is 4.79 Å². The Kier molecular flexibility index (Phi) is 6.88. The van der Waals surface area contributed by atoms with E-state index < -0.39 is 15.8 Å². The number of nitrogens with zero attached hydrogens (tertiary/aromatic N) is 3. The van der Waals surface area contributed by atoms with Gasteiger partial charge in [0.1, 0.15) is 10.7 Å². The van der Waals surface area contributed by atoms with Crippen LogP contribution in [0.15, 0.2) is 78.3 Å². The molecule has 0 unspecified atom stereocenters. The number of hydrogen-bond donors (Lipinski definition) is 1. The second-order valence-corrected chi connectivity index (χ2v) is 9.54. The Bertz CT molecular complexity index is 1350. The molecule has 0 bridgehead atoms. The minimum Gasteiger partial charge on any atom is -0.356 e. The quantitative estimate of drug-likeness (QED) is 0.359. The number of hydrogen-bond acceptors (Lipinski definition) is 4. The van der Waals surface area contributed by atoms with Crippen molar-refractivity contribution in [3.63, 3.8) is 0 Å². The van der Waals surface area contributed by atoms with Gasteiger partial charge in [-0.15, -0.1) is 0 Å². The van der Waals surface area contributed by atoms with Crippen LogP contribution >= 0.6 is 0 Å². The molecule has 1 amide bonds. The van der Waals surface area contributed by atoms with Crippen molar-refractivity contribution < 1.29 is 17.6 Å². The molecule has 2 aromatic carbocycles. The molecule has 0 aliphatic carbocycles. The number of benzene rings is 2. The predicted octanol–water partition coefficient (Wildman–Crippen LogP) is 3.74. The number of nitrogens with one attached hydrogen (secondary N) is 1. The average Bonchev–Trinajstić information content (AvgIpc) is 3.45. The van der Waals surface area contributed by atoms with Crippen molar-refractivity contribution in [2.24, 2.45) is 0 Å². The number of para-hydroxylation sites is 1. The number of carbonyl (C=O) groups excluding carboxylic acids is 1. The van der Waals surface area contributed by atoms with E-state index in [2.05, 4.69) is 10.3 Å². The third-order valence-corrected chi connectivity index (χ3v) is 7.17. The zero-order valence-electron chi connectivity index (χ0n) is 18.0. The van der Waals surface area contributed by atoms with Gasteiger partial charge in [-0.2, -0.15) is 0 Å². The highest BCUT2D eigenvalue weighted by atomic mass is 32.2. The highest BCUT2D eigenvalue weighted by Gasteiger charge is 2.24. The zero-order chi connectivity index (χ0) is 23.3. The van der Waals surface area contributed by atoms with Gasteiger partial charge in [0, 0.05) is 43.5 Å². The van der Waals surface area contributed by atoms with Crippen LogP contribution in [-0.2, 0) is 27.8 Å².